The second-order valence-corrected chi connectivity index (χ2v) is 11.3. The van der Waals surface area contributed by atoms with E-state index >= 15 is 0 Å². The maximum atomic E-state index is 6.01. The van der Waals surface area contributed by atoms with Crippen LogP contribution in [0.5, 0.6) is 0 Å². The first-order chi connectivity index (χ1) is 19.6. The Kier molecular flexibility index (Phi) is 8.56. The van der Waals surface area contributed by atoms with E-state index in [9.17, 15) is 0 Å². The summed E-state index contributed by atoms with van der Waals surface area (Å²) in [4.78, 5) is 4.63. The molecule has 2 aromatic carbocycles. The summed E-state index contributed by atoms with van der Waals surface area (Å²) in [7, 11) is -3.00. The predicted molar refractivity (Wildman–Crippen MR) is 151 cm³/mol. The molecule has 0 spiro atoms. The predicted octanol–water partition coefficient (Wildman–Crippen LogP) is 5.33. The number of aromatic nitrogens is 5. The third-order valence-corrected chi connectivity index (χ3v) is 9.18. The van der Waals surface area contributed by atoms with Gasteiger partial charge in [0.2, 0.25) is 11.8 Å². The van der Waals surface area contributed by atoms with E-state index < -0.39 is 8.80 Å². The fourth-order valence-electron chi connectivity index (χ4n) is 4.20. The van der Waals surface area contributed by atoms with Gasteiger partial charge in [-0.3, -0.25) is 0 Å². The highest BCUT2D eigenvalue weighted by Crippen LogP contribution is 2.27. The van der Waals surface area contributed by atoms with E-state index in [0.29, 0.717) is 48.9 Å². The average Bonchev–Trinajstić information content (AvgIpc) is 3.69. The molecule has 0 aliphatic rings. The Bertz CT molecular complexity index is 1520. The van der Waals surface area contributed by atoms with Gasteiger partial charge < -0.3 is 22.1 Å². The number of nitrogens with zero attached hydrogens (tertiary/aromatic N) is 5. The van der Waals surface area contributed by atoms with Crippen molar-refractivity contribution in [2.24, 2.45) is 0 Å². The van der Waals surface area contributed by atoms with Crippen LogP contribution in [0.3, 0.4) is 0 Å². The molecule has 0 saturated heterocycles. The third-order valence-electron chi connectivity index (χ3n) is 6.13. The Balaban J connectivity index is 1.36. The first-order valence-electron chi connectivity index (χ1n) is 13.4. The molecular formula is C29H31N5O5Si. The summed E-state index contributed by atoms with van der Waals surface area (Å²) < 4.78 is 29.9. The highest BCUT2D eigenvalue weighted by Gasteiger charge is 2.43. The van der Waals surface area contributed by atoms with Crippen LogP contribution in [0.15, 0.2) is 75.6 Å². The first kappa shape index (κ1) is 27.5. The van der Waals surface area contributed by atoms with Gasteiger partial charge in [-0.1, -0.05) is 37.3 Å². The smallest absolute Gasteiger partial charge is 0.415 e. The van der Waals surface area contributed by atoms with Crippen molar-refractivity contribution in [2.75, 3.05) is 19.8 Å². The maximum absolute atomic E-state index is 6.01. The molecule has 40 heavy (non-hydrogen) atoms. The minimum Gasteiger partial charge on any atom is -0.415 e. The summed E-state index contributed by atoms with van der Waals surface area (Å²) in [5, 5.41) is 17.7. The van der Waals surface area contributed by atoms with Crippen LogP contribution >= 0.6 is 0 Å². The van der Waals surface area contributed by atoms with Gasteiger partial charge >= 0.3 is 8.80 Å². The molecule has 0 atom stereocenters. The van der Waals surface area contributed by atoms with Crippen molar-refractivity contribution in [1.82, 2.24) is 25.4 Å². The molecular weight excluding hydrogens is 526 g/mol. The van der Waals surface area contributed by atoms with Crippen LogP contribution in [0.2, 0.25) is 0 Å². The number of rotatable bonds is 12. The van der Waals surface area contributed by atoms with Gasteiger partial charge in [-0.05, 0) is 69.2 Å². The van der Waals surface area contributed by atoms with Gasteiger partial charge in [0.1, 0.15) is 11.4 Å². The van der Waals surface area contributed by atoms with Crippen molar-refractivity contribution >= 4 is 14.0 Å². The molecule has 0 aliphatic carbocycles. The van der Waals surface area contributed by atoms with Crippen LogP contribution in [0.1, 0.15) is 33.3 Å². The second-order valence-electron chi connectivity index (χ2n) is 8.72. The zero-order chi connectivity index (χ0) is 28.0. The van der Waals surface area contributed by atoms with Gasteiger partial charge in [0, 0.05) is 36.1 Å². The number of hydrogen-bond donors (Lipinski definition) is 0. The van der Waals surface area contributed by atoms with Gasteiger partial charge in [-0.25, -0.2) is 4.98 Å². The van der Waals surface area contributed by atoms with E-state index in [1.54, 1.807) is 12.1 Å². The number of aryl methyl sites for hydroxylation is 1. The van der Waals surface area contributed by atoms with E-state index in [1.165, 1.54) is 5.56 Å². The molecule has 0 fully saturated rings. The van der Waals surface area contributed by atoms with Crippen LogP contribution in [0, 0.1) is 0 Å². The molecule has 11 heteroatoms. The Morgan fingerprint density at radius 3 is 1.48 bits per heavy atom. The lowest BCUT2D eigenvalue weighted by atomic mass is 10.1. The Labute approximate surface area is 233 Å². The van der Waals surface area contributed by atoms with Gasteiger partial charge in [-0.15, -0.1) is 20.4 Å². The maximum Gasteiger partial charge on any atom is 0.537 e. The molecule has 0 amide bonds. The van der Waals surface area contributed by atoms with Crippen LogP contribution in [0.4, 0.5) is 0 Å². The van der Waals surface area contributed by atoms with Crippen LogP contribution in [-0.4, -0.2) is 54.0 Å². The van der Waals surface area contributed by atoms with Gasteiger partial charge in [-0.2, -0.15) is 0 Å². The first-order valence-corrected chi connectivity index (χ1v) is 15.1. The molecule has 0 unspecified atom stereocenters. The van der Waals surface area contributed by atoms with Crippen molar-refractivity contribution in [3.05, 3.63) is 72.3 Å². The van der Waals surface area contributed by atoms with Crippen molar-refractivity contribution in [1.29, 1.82) is 0 Å². The molecule has 206 valence electrons. The lowest BCUT2D eigenvalue weighted by Gasteiger charge is -2.28. The Morgan fingerprint density at radius 1 is 0.575 bits per heavy atom. The minimum atomic E-state index is -3.00. The third kappa shape index (κ3) is 5.77. The summed E-state index contributed by atoms with van der Waals surface area (Å²) in [6, 6.07) is 21.1. The van der Waals surface area contributed by atoms with Crippen molar-refractivity contribution in [3.8, 4) is 46.1 Å². The fourth-order valence-corrected chi connectivity index (χ4v) is 6.67. The molecule has 10 nitrogen and oxygen atoms in total. The van der Waals surface area contributed by atoms with E-state index in [4.69, 9.17) is 22.1 Å². The minimum absolute atomic E-state index is 0.275. The highest BCUT2D eigenvalue weighted by molar-refractivity contribution is 6.75. The lowest BCUT2D eigenvalue weighted by molar-refractivity contribution is 0.0859. The normalized spacial score (nSPS) is 11.7. The quantitative estimate of drug-likeness (QED) is 0.186. The molecule has 5 aromatic rings. The largest absolute Gasteiger partial charge is 0.537 e. The van der Waals surface area contributed by atoms with Crippen molar-refractivity contribution in [2.45, 2.75) is 34.1 Å². The highest BCUT2D eigenvalue weighted by atomic mass is 28.4. The van der Waals surface area contributed by atoms with E-state index in [-0.39, 0.29) is 5.89 Å². The summed E-state index contributed by atoms with van der Waals surface area (Å²) in [6.07, 6.45) is 0.965. The number of benzene rings is 2. The monoisotopic (exact) mass is 557 g/mol. The molecule has 0 saturated carbocycles. The van der Waals surface area contributed by atoms with E-state index in [2.05, 4.69) is 32.3 Å². The molecule has 0 aliphatic heterocycles. The molecule has 3 heterocycles. The average molecular weight is 558 g/mol. The molecule has 0 bridgehead atoms. The molecule has 3 aromatic heterocycles. The summed E-state index contributed by atoms with van der Waals surface area (Å²) in [5.74, 6) is 1.37. The lowest BCUT2D eigenvalue weighted by Crippen LogP contribution is -2.56. The zero-order valence-electron chi connectivity index (χ0n) is 23.0. The van der Waals surface area contributed by atoms with Gasteiger partial charge in [0.15, 0.2) is 0 Å². The van der Waals surface area contributed by atoms with Gasteiger partial charge in [0.05, 0.1) is 0 Å². The molecule has 0 N–H and O–H groups in total. The zero-order valence-corrected chi connectivity index (χ0v) is 24.0. The van der Waals surface area contributed by atoms with Crippen molar-refractivity contribution in [3.63, 3.8) is 0 Å². The van der Waals surface area contributed by atoms with Crippen LogP contribution in [-0.2, 0) is 19.7 Å². The Morgan fingerprint density at radius 2 is 1.02 bits per heavy atom. The number of pyridine rings is 1. The van der Waals surface area contributed by atoms with E-state index in [0.717, 1.165) is 22.7 Å². The standard InChI is InChI=1S/C29H31N5O5Si/c1-5-20-12-14-21(15-13-20)26-31-33-28(38-26)24-10-9-11-25(30-24)29-34-32-27(39-29)22-16-18-23(19-17-22)40(35-6-2,36-7-3)37-8-4/h9-19H,5-8H2,1-4H3. The summed E-state index contributed by atoms with van der Waals surface area (Å²) in [6.45, 7) is 9.37. The SMILES string of the molecule is CCO[Si](OCC)(OCC)c1ccc(-c2nnc(-c3cccc(-c4nnc(-c5ccc(CC)cc5)o4)n3)o2)cc1. The number of hydrogen-bond acceptors (Lipinski definition) is 10. The second kappa shape index (κ2) is 12.4. The summed E-state index contributed by atoms with van der Waals surface area (Å²) in [5.41, 5.74) is 3.85. The Hall–Kier alpha value is -4.03. The summed E-state index contributed by atoms with van der Waals surface area (Å²) >= 11 is 0. The van der Waals surface area contributed by atoms with Gasteiger partial charge in [0.25, 0.3) is 11.8 Å². The van der Waals surface area contributed by atoms with Crippen molar-refractivity contribution < 1.29 is 22.1 Å². The molecule has 0 radical (unpaired) electrons. The van der Waals surface area contributed by atoms with Crippen LogP contribution < -0.4 is 5.19 Å². The topological polar surface area (TPSA) is 118 Å². The molecule has 5 rings (SSSR count). The van der Waals surface area contributed by atoms with E-state index in [1.807, 2.05) is 75.4 Å². The van der Waals surface area contributed by atoms with Crippen LogP contribution in [0.25, 0.3) is 46.1 Å². The fraction of sp³-hybridized carbons (Fsp3) is 0.276.